The number of nitrogens with one attached hydrogen (secondary N) is 1. The molecule has 0 spiro atoms. The Kier molecular flexibility index (Phi) is 4.97. The van der Waals surface area contributed by atoms with Crippen molar-refractivity contribution >= 4 is 10.0 Å². The van der Waals surface area contributed by atoms with E-state index in [-0.39, 0.29) is 11.5 Å². The summed E-state index contributed by atoms with van der Waals surface area (Å²) in [6.07, 6.45) is -3.62. The van der Waals surface area contributed by atoms with Crippen molar-refractivity contribution in [2.75, 3.05) is 13.2 Å². The van der Waals surface area contributed by atoms with Crippen molar-refractivity contribution in [2.45, 2.75) is 36.2 Å². The third kappa shape index (κ3) is 3.60. The molecule has 1 aromatic carbocycles. The Balaban J connectivity index is 2.12. The zero-order chi connectivity index (χ0) is 15.6. The van der Waals surface area contributed by atoms with Crippen molar-refractivity contribution in [3.8, 4) is 0 Å². The van der Waals surface area contributed by atoms with Crippen molar-refractivity contribution in [1.29, 1.82) is 0 Å². The zero-order valence-corrected chi connectivity index (χ0v) is 12.3. The van der Waals surface area contributed by atoms with Crippen LogP contribution in [0.2, 0.25) is 0 Å². The first-order valence-corrected chi connectivity index (χ1v) is 8.01. The van der Waals surface area contributed by atoms with E-state index in [0.29, 0.717) is 0 Å². The molecular formula is C13H19NO6S. The van der Waals surface area contributed by atoms with Crippen molar-refractivity contribution in [3.63, 3.8) is 0 Å². The molecule has 1 heterocycles. The van der Waals surface area contributed by atoms with Crippen molar-refractivity contribution in [1.82, 2.24) is 4.72 Å². The van der Waals surface area contributed by atoms with Crippen LogP contribution in [0.5, 0.6) is 0 Å². The standard InChI is InChI=1S/C13H19NO6S/c1-8-2-4-9(5-3-8)21(18,19)14-10-7-20-11(6-15)13(17)12(10)16/h2-5,10-17H,6-7H2,1H3/t10-,11-,12-,13+/m1/s1. The van der Waals surface area contributed by atoms with Crippen molar-refractivity contribution < 1.29 is 28.5 Å². The summed E-state index contributed by atoms with van der Waals surface area (Å²) in [6.45, 7) is 1.26. The van der Waals surface area contributed by atoms with E-state index in [0.717, 1.165) is 5.56 Å². The van der Waals surface area contributed by atoms with Crippen LogP contribution in [0.1, 0.15) is 5.56 Å². The highest BCUT2D eigenvalue weighted by Gasteiger charge is 2.39. The van der Waals surface area contributed by atoms with Crippen molar-refractivity contribution in [3.05, 3.63) is 29.8 Å². The van der Waals surface area contributed by atoms with E-state index in [1.54, 1.807) is 12.1 Å². The summed E-state index contributed by atoms with van der Waals surface area (Å²) in [5, 5.41) is 28.6. The maximum absolute atomic E-state index is 12.2. The van der Waals surface area contributed by atoms with Gasteiger partial charge in [-0.2, -0.15) is 0 Å². The van der Waals surface area contributed by atoms with Gasteiger partial charge in [0.1, 0.15) is 18.3 Å². The summed E-state index contributed by atoms with van der Waals surface area (Å²) in [4.78, 5) is 0.0686. The maximum Gasteiger partial charge on any atom is 0.240 e. The zero-order valence-electron chi connectivity index (χ0n) is 11.5. The average Bonchev–Trinajstić information content (AvgIpc) is 2.44. The van der Waals surface area contributed by atoms with Gasteiger partial charge in [0, 0.05) is 0 Å². The highest BCUT2D eigenvalue weighted by Crippen LogP contribution is 2.18. The van der Waals surface area contributed by atoms with Gasteiger partial charge in [0.25, 0.3) is 0 Å². The van der Waals surface area contributed by atoms with Gasteiger partial charge < -0.3 is 20.1 Å². The summed E-state index contributed by atoms with van der Waals surface area (Å²) in [6, 6.07) is 5.27. The number of sulfonamides is 1. The second-order valence-corrected chi connectivity index (χ2v) is 6.79. The van der Waals surface area contributed by atoms with Crippen LogP contribution in [0.3, 0.4) is 0 Å². The fourth-order valence-electron chi connectivity index (χ4n) is 2.13. The van der Waals surface area contributed by atoms with Crippen LogP contribution in [-0.2, 0) is 14.8 Å². The molecule has 8 heteroatoms. The molecule has 0 radical (unpaired) electrons. The molecule has 118 valence electrons. The van der Waals surface area contributed by atoms with Gasteiger partial charge in [0.15, 0.2) is 0 Å². The van der Waals surface area contributed by atoms with Gasteiger partial charge in [-0.15, -0.1) is 0 Å². The van der Waals surface area contributed by atoms with E-state index in [1.807, 2.05) is 6.92 Å². The Morgan fingerprint density at radius 3 is 2.43 bits per heavy atom. The summed E-state index contributed by atoms with van der Waals surface area (Å²) in [7, 11) is -3.82. The Morgan fingerprint density at radius 1 is 1.24 bits per heavy atom. The average molecular weight is 317 g/mol. The molecule has 0 aromatic heterocycles. The summed E-state index contributed by atoms with van der Waals surface area (Å²) < 4.78 is 31.9. The molecule has 4 atom stereocenters. The molecule has 1 fully saturated rings. The van der Waals surface area contributed by atoms with E-state index in [2.05, 4.69) is 4.72 Å². The molecule has 1 aliphatic heterocycles. The predicted molar refractivity (Wildman–Crippen MR) is 74.1 cm³/mol. The monoisotopic (exact) mass is 317 g/mol. The van der Waals surface area contributed by atoms with E-state index in [9.17, 15) is 18.6 Å². The predicted octanol–water partition coefficient (Wildman–Crippen LogP) is -1.25. The molecule has 0 saturated carbocycles. The van der Waals surface area contributed by atoms with E-state index in [1.165, 1.54) is 12.1 Å². The maximum atomic E-state index is 12.2. The number of hydrogen-bond acceptors (Lipinski definition) is 6. The molecule has 1 aliphatic rings. The van der Waals surface area contributed by atoms with Gasteiger partial charge in [0.05, 0.1) is 24.2 Å². The third-order valence-electron chi connectivity index (χ3n) is 3.45. The number of ether oxygens (including phenoxy) is 1. The normalized spacial score (nSPS) is 30.3. The Labute approximate surface area is 123 Å². The van der Waals surface area contributed by atoms with Crippen LogP contribution in [0, 0.1) is 6.92 Å². The van der Waals surface area contributed by atoms with Crippen LogP contribution in [-0.4, -0.2) is 61.3 Å². The number of hydrogen-bond donors (Lipinski definition) is 4. The molecule has 0 unspecified atom stereocenters. The second kappa shape index (κ2) is 6.39. The highest BCUT2D eigenvalue weighted by molar-refractivity contribution is 7.89. The third-order valence-corrected chi connectivity index (χ3v) is 4.96. The summed E-state index contributed by atoms with van der Waals surface area (Å²) in [5.41, 5.74) is 0.927. The molecular weight excluding hydrogens is 298 g/mol. The minimum absolute atomic E-state index is 0.0686. The summed E-state index contributed by atoms with van der Waals surface area (Å²) in [5.74, 6) is 0. The highest BCUT2D eigenvalue weighted by atomic mass is 32.2. The van der Waals surface area contributed by atoms with Gasteiger partial charge in [-0.1, -0.05) is 17.7 Å². The number of aliphatic hydroxyl groups excluding tert-OH is 3. The van der Waals surface area contributed by atoms with E-state index < -0.39 is 41.0 Å². The first-order valence-electron chi connectivity index (χ1n) is 6.53. The van der Waals surface area contributed by atoms with Crippen LogP contribution in [0.25, 0.3) is 0 Å². The van der Waals surface area contributed by atoms with Gasteiger partial charge >= 0.3 is 0 Å². The van der Waals surface area contributed by atoms with E-state index in [4.69, 9.17) is 9.84 Å². The first-order chi connectivity index (χ1) is 9.85. The van der Waals surface area contributed by atoms with Crippen LogP contribution in [0.4, 0.5) is 0 Å². The van der Waals surface area contributed by atoms with E-state index >= 15 is 0 Å². The Bertz CT molecular complexity index is 573. The molecule has 1 aromatic rings. The fraction of sp³-hybridized carbons (Fsp3) is 0.538. The summed E-state index contributed by atoms with van der Waals surface area (Å²) >= 11 is 0. The largest absolute Gasteiger partial charge is 0.394 e. The van der Waals surface area contributed by atoms with Crippen LogP contribution < -0.4 is 4.72 Å². The molecule has 0 bridgehead atoms. The minimum Gasteiger partial charge on any atom is -0.394 e. The van der Waals surface area contributed by atoms with Gasteiger partial charge in [0.2, 0.25) is 10.0 Å². The molecule has 0 amide bonds. The van der Waals surface area contributed by atoms with Crippen molar-refractivity contribution in [2.24, 2.45) is 0 Å². The quantitative estimate of drug-likeness (QED) is 0.552. The number of benzene rings is 1. The first kappa shape index (κ1) is 16.3. The van der Waals surface area contributed by atoms with Gasteiger partial charge in [-0.25, -0.2) is 13.1 Å². The lowest BCUT2D eigenvalue weighted by molar-refractivity contribution is -0.158. The molecule has 2 rings (SSSR count). The lowest BCUT2D eigenvalue weighted by Gasteiger charge is -2.36. The smallest absolute Gasteiger partial charge is 0.240 e. The molecule has 21 heavy (non-hydrogen) atoms. The van der Waals surface area contributed by atoms with Crippen LogP contribution in [0.15, 0.2) is 29.2 Å². The minimum atomic E-state index is -3.82. The molecule has 0 aliphatic carbocycles. The van der Waals surface area contributed by atoms with Gasteiger partial charge in [-0.3, -0.25) is 0 Å². The Morgan fingerprint density at radius 2 is 1.86 bits per heavy atom. The fourth-order valence-corrected chi connectivity index (χ4v) is 3.37. The molecule has 7 nitrogen and oxygen atoms in total. The van der Waals surface area contributed by atoms with Gasteiger partial charge in [-0.05, 0) is 19.1 Å². The number of rotatable bonds is 4. The Hall–Kier alpha value is -1.03. The van der Waals surface area contributed by atoms with Crippen LogP contribution >= 0.6 is 0 Å². The molecule has 4 N–H and O–H groups in total. The number of aliphatic hydroxyl groups is 3. The lowest BCUT2D eigenvalue weighted by atomic mass is 9.99. The SMILES string of the molecule is Cc1ccc(S(=O)(=O)N[C@@H]2CO[C@H](CO)[C@H](O)[C@@H]2O)cc1. The lowest BCUT2D eigenvalue weighted by Crippen LogP contribution is -2.59. The molecule has 1 saturated heterocycles. The topological polar surface area (TPSA) is 116 Å². The second-order valence-electron chi connectivity index (χ2n) is 5.08. The number of aryl methyl sites for hydroxylation is 1.